The van der Waals surface area contributed by atoms with E-state index in [9.17, 15) is 9.59 Å². The molecule has 1 atom stereocenters. The monoisotopic (exact) mass is 297 g/mol. The number of nitrogens with one attached hydrogen (secondary N) is 1. The molecule has 0 aromatic heterocycles. The van der Waals surface area contributed by atoms with E-state index >= 15 is 0 Å². The highest BCUT2D eigenvalue weighted by Gasteiger charge is 2.21. The molecular weight excluding hydrogens is 278 g/mol. The molecule has 5 heteroatoms. The van der Waals surface area contributed by atoms with Gasteiger partial charge in [0.25, 0.3) is 0 Å². The van der Waals surface area contributed by atoms with Crippen LogP contribution in [0.4, 0.5) is 4.79 Å². The Kier molecular flexibility index (Phi) is 7.09. The Morgan fingerprint density at radius 2 is 1.90 bits per heavy atom. The van der Waals surface area contributed by atoms with Crippen molar-refractivity contribution in [2.24, 2.45) is 5.92 Å². The SMILES string of the molecule is CC(C)C[C@H](NC(=O)OCc1ccccc1)C(=O)CCl. The van der Waals surface area contributed by atoms with Crippen LogP contribution < -0.4 is 5.32 Å². The number of ether oxygens (including phenoxy) is 1. The van der Waals surface area contributed by atoms with Crippen LogP contribution in [0, 0.1) is 5.92 Å². The predicted molar refractivity (Wildman–Crippen MR) is 78.7 cm³/mol. The molecule has 1 N–H and O–H groups in total. The Morgan fingerprint density at radius 3 is 2.45 bits per heavy atom. The lowest BCUT2D eigenvalue weighted by Crippen LogP contribution is -2.42. The summed E-state index contributed by atoms with van der Waals surface area (Å²) in [6.07, 6.45) is -0.0515. The second kappa shape index (κ2) is 8.59. The first kappa shape index (κ1) is 16.5. The van der Waals surface area contributed by atoms with Crippen LogP contribution >= 0.6 is 11.6 Å². The molecule has 20 heavy (non-hydrogen) atoms. The molecule has 1 amide bonds. The largest absolute Gasteiger partial charge is 0.445 e. The molecule has 0 radical (unpaired) electrons. The van der Waals surface area contributed by atoms with Crippen LogP contribution in [0.25, 0.3) is 0 Å². The van der Waals surface area contributed by atoms with Crippen molar-refractivity contribution in [1.29, 1.82) is 0 Å². The minimum atomic E-state index is -0.599. The van der Waals surface area contributed by atoms with E-state index in [0.29, 0.717) is 6.42 Å². The number of rotatable bonds is 7. The van der Waals surface area contributed by atoms with Crippen LogP contribution in [0.1, 0.15) is 25.8 Å². The summed E-state index contributed by atoms with van der Waals surface area (Å²) in [5, 5.41) is 2.57. The fraction of sp³-hybridized carbons (Fsp3) is 0.467. The average molecular weight is 298 g/mol. The van der Waals surface area contributed by atoms with E-state index in [-0.39, 0.29) is 24.2 Å². The molecule has 1 aromatic carbocycles. The molecule has 0 aliphatic heterocycles. The van der Waals surface area contributed by atoms with Crippen molar-refractivity contribution in [2.75, 3.05) is 5.88 Å². The number of amides is 1. The first-order valence-electron chi connectivity index (χ1n) is 6.58. The number of hydrogen-bond acceptors (Lipinski definition) is 3. The summed E-state index contributed by atoms with van der Waals surface area (Å²) in [6, 6.07) is 8.77. The topological polar surface area (TPSA) is 55.4 Å². The Labute approximate surface area is 124 Å². The number of ketones is 1. The van der Waals surface area contributed by atoms with Crippen LogP contribution in [-0.2, 0) is 16.1 Å². The van der Waals surface area contributed by atoms with Crippen molar-refractivity contribution in [1.82, 2.24) is 5.32 Å². The first-order chi connectivity index (χ1) is 9.52. The van der Waals surface area contributed by atoms with Gasteiger partial charge in [0.2, 0.25) is 0 Å². The van der Waals surface area contributed by atoms with Crippen LogP contribution in [0.15, 0.2) is 30.3 Å². The fourth-order valence-corrected chi connectivity index (χ4v) is 1.93. The molecule has 0 heterocycles. The van der Waals surface area contributed by atoms with E-state index in [0.717, 1.165) is 5.56 Å². The number of halogens is 1. The molecule has 0 aliphatic carbocycles. The quantitative estimate of drug-likeness (QED) is 0.787. The van der Waals surface area contributed by atoms with Crippen molar-refractivity contribution in [2.45, 2.75) is 32.9 Å². The third kappa shape index (κ3) is 6.06. The van der Waals surface area contributed by atoms with Gasteiger partial charge in [-0.1, -0.05) is 44.2 Å². The minimum absolute atomic E-state index is 0.115. The zero-order valence-corrected chi connectivity index (χ0v) is 12.5. The molecule has 0 fully saturated rings. The van der Waals surface area contributed by atoms with Gasteiger partial charge in [-0.3, -0.25) is 4.79 Å². The van der Waals surface area contributed by atoms with Gasteiger partial charge in [-0.05, 0) is 17.9 Å². The third-order valence-corrected chi connectivity index (χ3v) is 3.00. The lowest BCUT2D eigenvalue weighted by Gasteiger charge is -2.18. The summed E-state index contributed by atoms with van der Waals surface area (Å²) < 4.78 is 5.09. The van der Waals surface area contributed by atoms with Gasteiger partial charge in [0.1, 0.15) is 6.61 Å². The van der Waals surface area contributed by atoms with Gasteiger partial charge in [-0.2, -0.15) is 0 Å². The molecule has 1 rings (SSSR count). The first-order valence-corrected chi connectivity index (χ1v) is 7.12. The number of benzene rings is 1. The van der Waals surface area contributed by atoms with Gasteiger partial charge in [0.05, 0.1) is 11.9 Å². The van der Waals surface area contributed by atoms with Crippen molar-refractivity contribution in [3.8, 4) is 0 Å². The maximum atomic E-state index is 11.7. The molecule has 0 saturated carbocycles. The van der Waals surface area contributed by atoms with E-state index in [1.54, 1.807) is 0 Å². The van der Waals surface area contributed by atoms with Gasteiger partial charge in [0.15, 0.2) is 5.78 Å². The normalized spacial score (nSPS) is 12.0. The number of alkyl carbamates (subject to hydrolysis) is 1. The van der Waals surface area contributed by atoms with E-state index in [4.69, 9.17) is 16.3 Å². The minimum Gasteiger partial charge on any atom is -0.445 e. The molecule has 0 saturated heterocycles. The predicted octanol–water partition coefficient (Wildman–Crippen LogP) is 3.14. The number of hydrogen-bond donors (Lipinski definition) is 1. The molecule has 1 aromatic rings. The van der Waals surface area contributed by atoms with E-state index in [1.165, 1.54) is 0 Å². The third-order valence-electron chi connectivity index (χ3n) is 2.73. The summed E-state index contributed by atoms with van der Waals surface area (Å²) in [5.41, 5.74) is 0.895. The summed E-state index contributed by atoms with van der Waals surface area (Å²) in [5.74, 6) is -0.0327. The Balaban J connectivity index is 2.47. The van der Waals surface area contributed by atoms with Crippen molar-refractivity contribution in [3.05, 3.63) is 35.9 Å². The Bertz CT molecular complexity index is 434. The summed E-state index contributed by atoms with van der Waals surface area (Å²) >= 11 is 5.54. The molecule has 0 unspecified atom stereocenters. The van der Waals surface area contributed by atoms with E-state index in [2.05, 4.69) is 5.32 Å². The highest BCUT2D eigenvalue weighted by Crippen LogP contribution is 2.07. The van der Waals surface area contributed by atoms with Gasteiger partial charge in [-0.25, -0.2) is 4.79 Å². The maximum Gasteiger partial charge on any atom is 0.408 e. The number of Topliss-reactive ketones (excluding diaryl/α,β-unsaturated/α-hetero) is 1. The molecule has 110 valence electrons. The lowest BCUT2D eigenvalue weighted by atomic mass is 10.0. The van der Waals surface area contributed by atoms with Gasteiger partial charge >= 0.3 is 6.09 Å². The van der Waals surface area contributed by atoms with Crippen LogP contribution in [0.2, 0.25) is 0 Å². The smallest absolute Gasteiger partial charge is 0.408 e. The zero-order chi connectivity index (χ0) is 15.0. The van der Waals surface area contributed by atoms with Crippen LogP contribution in [0.3, 0.4) is 0 Å². The highest BCUT2D eigenvalue weighted by molar-refractivity contribution is 6.28. The van der Waals surface area contributed by atoms with Crippen molar-refractivity contribution in [3.63, 3.8) is 0 Å². The average Bonchev–Trinajstić information content (AvgIpc) is 2.44. The van der Waals surface area contributed by atoms with E-state index in [1.807, 2.05) is 44.2 Å². The maximum absolute atomic E-state index is 11.7. The van der Waals surface area contributed by atoms with Crippen molar-refractivity contribution >= 4 is 23.5 Å². The molecule has 4 nitrogen and oxygen atoms in total. The number of alkyl halides is 1. The number of carbonyl (C=O) groups excluding carboxylic acids is 2. The molecule has 0 spiro atoms. The zero-order valence-electron chi connectivity index (χ0n) is 11.8. The van der Waals surface area contributed by atoms with Crippen LogP contribution in [-0.4, -0.2) is 23.8 Å². The van der Waals surface area contributed by atoms with Crippen molar-refractivity contribution < 1.29 is 14.3 Å². The Morgan fingerprint density at radius 1 is 1.25 bits per heavy atom. The summed E-state index contributed by atoms with van der Waals surface area (Å²) in [7, 11) is 0. The fourth-order valence-electron chi connectivity index (χ4n) is 1.74. The van der Waals surface area contributed by atoms with Gasteiger partial charge in [0, 0.05) is 0 Å². The highest BCUT2D eigenvalue weighted by atomic mass is 35.5. The number of carbonyl (C=O) groups is 2. The lowest BCUT2D eigenvalue weighted by molar-refractivity contribution is -0.119. The molecular formula is C15H20ClNO3. The molecule has 0 bridgehead atoms. The summed E-state index contributed by atoms with van der Waals surface area (Å²) in [6.45, 7) is 4.13. The summed E-state index contributed by atoms with van der Waals surface area (Å²) in [4.78, 5) is 23.4. The van der Waals surface area contributed by atoms with Gasteiger partial charge < -0.3 is 10.1 Å². The Hall–Kier alpha value is -1.55. The van der Waals surface area contributed by atoms with E-state index < -0.39 is 12.1 Å². The second-order valence-corrected chi connectivity index (χ2v) is 5.26. The molecule has 0 aliphatic rings. The standard InChI is InChI=1S/C15H20ClNO3/c1-11(2)8-13(14(18)9-16)17-15(19)20-10-12-6-4-3-5-7-12/h3-7,11,13H,8-10H2,1-2H3,(H,17,19)/t13-/m0/s1. The van der Waals surface area contributed by atoms with Gasteiger partial charge in [-0.15, -0.1) is 11.6 Å². The second-order valence-electron chi connectivity index (χ2n) is 4.99. The van der Waals surface area contributed by atoms with Crippen LogP contribution in [0.5, 0.6) is 0 Å².